The highest BCUT2D eigenvalue weighted by molar-refractivity contribution is 5.92. The molecule has 0 radical (unpaired) electrons. The molecule has 2 aromatic heterocycles. The number of carbonyl (C=O) groups excluding carboxylic acids is 1. The first-order valence-electron chi connectivity index (χ1n) is 6.60. The molecule has 3 heterocycles. The van der Waals surface area contributed by atoms with Gasteiger partial charge in [-0.1, -0.05) is 0 Å². The highest BCUT2D eigenvalue weighted by atomic mass is 16.2. The first kappa shape index (κ1) is 12.6. The fourth-order valence-electron chi connectivity index (χ4n) is 2.46. The minimum absolute atomic E-state index is 0.0588. The summed E-state index contributed by atoms with van der Waals surface area (Å²) in [5.41, 5.74) is 6.02. The van der Waals surface area contributed by atoms with E-state index in [2.05, 4.69) is 15.1 Å². The number of aromatic nitrogens is 4. The Hall–Kier alpha value is -2.44. The lowest BCUT2D eigenvalue weighted by atomic mass is 10.1. The highest BCUT2D eigenvalue weighted by Crippen LogP contribution is 2.23. The van der Waals surface area contributed by atoms with E-state index in [0.29, 0.717) is 30.6 Å². The average molecular weight is 272 g/mol. The second kappa shape index (κ2) is 5.28. The first-order valence-corrected chi connectivity index (χ1v) is 6.60. The highest BCUT2D eigenvalue weighted by Gasteiger charge is 2.25. The van der Waals surface area contributed by atoms with Crippen LogP contribution in [0.1, 0.15) is 29.4 Å². The lowest BCUT2D eigenvalue weighted by Crippen LogP contribution is -2.39. The molecule has 0 bridgehead atoms. The topological polar surface area (TPSA) is 89.9 Å². The zero-order valence-electron chi connectivity index (χ0n) is 11.0. The normalized spacial score (nSPS) is 16.3. The van der Waals surface area contributed by atoms with E-state index >= 15 is 0 Å². The fourth-order valence-corrected chi connectivity index (χ4v) is 2.46. The molecular weight excluding hydrogens is 256 g/mol. The maximum Gasteiger partial charge on any atom is 0.274 e. The number of nitrogens with zero attached hydrogens (tertiary/aromatic N) is 5. The number of nitrogens with two attached hydrogens (primary N) is 1. The van der Waals surface area contributed by atoms with E-state index in [1.54, 1.807) is 12.3 Å². The Bertz CT molecular complexity index is 588. The maximum absolute atomic E-state index is 12.2. The summed E-state index contributed by atoms with van der Waals surface area (Å²) in [6, 6.07) is 2.09. The molecule has 0 atom stereocenters. The van der Waals surface area contributed by atoms with Crippen molar-refractivity contribution in [3.8, 4) is 0 Å². The van der Waals surface area contributed by atoms with Crippen LogP contribution in [0.25, 0.3) is 0 Å². The van der Waals surface area contributed by atoms with Gasteiger partial charge in [0.25, 0.3) is 5.91 Å². The van der Waals surface area contributed by atoms with Crippen LogP contribution in [0.15, 0.2) is 30.9 Å². The van der Waals surface area contributed by atoms with Crippen molar-refractivity contribution in [1.29, 1.82) is 0 Å². The van der Waals surface area contributed by atoms with Gasteiger partial charge in [-0.3, -0.25) is 14.5 Å². The number of anilines is 1. The van der Waals surface area contributed by atoms with Gasteiger partial charge in [-0.25, -0.2) is 4.98 Å². The number of rotatable bonds is 2. The summed E-state index contributed by atoms with van der Waals surface area (Å²) in [6.07, 6.45) is 8.22. The predicted molar refractivity (Wildman–Crippen MR) is 72.8 cm³/mol. The third-order valence-corrected chi connectivity index (χ3v) is 3.54. The van der Waals surface area contributed by atoms with Gasteiger partial charge >= 0.3 is 0 Å². The number of nitrogen functional groups attached to an aromatic ring is 1. The molecule has 20 heavy (non-hydrogen) atoms. The van der Waals surface area contributed by atoms with Crippen LogP contribution in [0.4, 0.5) is 5.82 Å². The standard InChI is InChI=1S/C13H16N6O/c14-12-3-8-19(17-12)10-1-6-18(7-2-10)13(20)11-9-15-4-5-16-11/h3-5,8-10H,1-2,6-7H2,(H2,14,17). The molecule has 0 aliphatic carbocycles. The third-order valence-electron chi connectivity index (χ3n) is 3.54. The predicted octanol–water partition coefficient (Wildman–Crippen LogP) is 0.733. The van der Waals surface area contributed by atoms with Gasteiger partial charge in [-0.15, -0.1) is 0 Å². The Balaban J connectivity index is 1.63. The van der Waals surface area contributed by atoms with Crippen molar-refractivity contribution in [2.75, 3.05) is 18.8 Å². The van der Waals surface area contributed by atoms with Crippen LogP contribution in [-0.2, 0) is 0 Å². The van der Waals surface area contributed by atoms with E-state index in [9.17, 15) is 4.79 Å². The summed E-state index contributed by atoms with van der Waals surface area (Å²) in [4.78, 5) is 22.0. The molecular formula is C13H16N6O. The van der Waals surface area contributed by atoms with Crippen molar-refractivity contribution in [1.82, 2.24) is 24.6 Å². The summed E-state index contributed by atoms with van der Waals surface area (Å²) >= 11 is 0. The lowest BCUT2D eigenvalue weighted by molar-refractivity contribution is 0.0683. The van der Waals surface area contributed by atoms with E-state index < -0.39 is 0 Å². The minimum atomic E-state index is -0.0588. The molecule has 1 amide bonds. The van der Waals surface area contributed by atoms with E-state index in [0.717, 1.165) is 12.8 Å². The molecule has 2 N–H and O–H groups in total. The van der Waals surface area contributed by atoms with Crippen LogP contribution in [0.2, 0.25) is 0 Å². The minimum Gasteiger partial charge on any atom is -0.382 e. The molecule has 0 unspecified atom stereocenters. The Labute approximate surface area is 116 Å². The second-order valence-electron chi connectivity index (χ2n) is 4.83. The summed E-state index contributed by atoms with van der Waals surface area (Å²) < 4.78 is 1.89. The Morgan fingerprint density at radius 3 is 2.70 bits per heavy atom. The van der Waals surface area contributed by atoms with Gasteiger partial charge in [0.2, 0.25) is 0 Å². The lowest BCUT2D eigenvalue weighted by Gasteiger charge is -2.31. The first-order chi connectivity index (χ1) is 9.74. The SMILES string of the molecule is Nc1ccn(C2CCN(C(=O)c3cnccn3)CC2)n1. The number of hydrogen-bond acceptors (Lipinski definition) is 5. The Morgan fingerprint density at radius 1 is 1.30 bits per heavy atom. The van der Waals surface area contributed by atoms with Crippen LogP contribution in [-0.4, -0.2) is 43.6 Å². The molecule has 2 aromatic rings. The summed E-state index contributed by atoms with van der Waals surface area (Å²) in [6.45, 7) is 1.39. The van der Waals surface area contributed by atoms with E-state index in [-0.39, 0.29) is 5.91 Å². The van der Waals surface area contributed by atoms with E-state index in [1.807, 2.05) is 15.8 Å². The van der Waals surface area contributed by atoms with Gasteiger partial charge in [0.05, 0.1) is 12.2 Å². The van der Waals surface area contributed by atoms with Crippen molar-refractivity contribution in [3.05, 3.63) is 36.5 Å². The van der Waals surface area contributed by atoms with E-state index in [4.69, 9.17) is 5.73 Å². The summed E-state index contributed by atoms with van der Waals surface area (Å²) in [7, 11) is 0. The average Bonchev–Trinajstić information content (AvgIpc) is 2.94. The van der Waals surface area contributed by atoms with Crippen LogP contribution in [0, 0.1) is 0 Å². The monoisotopic (exact) mass is 272 g/mol. The zero-order chi connectivity index (χ0) is 13.9. The molecule has 104 valence electrons. The summed E-state index contributed by atoms with van der Waals surface area (Å²) in [5, 5.41) is 4.23. The van der Waals surface area contributed by atoms with Crippen molar-refractivity contribution in [2.24, 2.45) is 0 Å². The van der Waals surface area contributed by atoms with Crippen molar-refractivity contribution in [3.63, 3.8) is 0 Å². The maximum atomic E-state index is 12.2. The second-order valence-corrected chi connectivity index (χ2v) is 4.83. The molecule has 1 aliphatic heterocycles. The quantitative estimate of drug-likeness (QED) is 0.870. The largest absolute Gasteiger partial charge is 0.382 e. The fraction of sp³-hybridized carbons (Fsp3) is 0.385. The number of carbonyl (C=O) groups is 1. The summed E-state index contributed by atoms with van der Waals surface area (Å²) in [5.74, 6) is 0.472. The van der Waals surface area contributed by atoms with Crippen LogP contribution < -0.4 is 5.73 Å². The van der Waals surface area contributed by atoms with Gasteiger partial charge in [-0.2, -0.15) is 5.10 Å². The molecule has 1 fully saturated rings. The molecule has 0 spiro atoms. The third kappa shape index (κ3) is 2.47. The number of amides is 1. The number of piperidine rings is 1. The molecule has 1 saturated heterocycles. The smallest absolute Gasteiger partial charge is 0.274 e. The van der Waals surface area contributed by atoms with Gasteiger partial charge < -0.3 is 10.6 Å². The van der Waals surface area contributed by atoms with Crippen LogP contribution in [0.5, 0.6) is 0 Å². The Morgan fingerprint density at radius 2 is 2.10 bits per heavy atom. The number of likely N-dealkylation sites (tertiary alicyclic amines) is 1. The van der Waals surface area contributed by atoms with E-state index in [1.165, 1.54) is 12.4 Å². The Kier molecular flexibility index (Phi) is 3.32. The molecule has 3 rings (SSSR count). The van der Waals surface area contributed by atoms with Gasteiger partial charge in [0.15, 0.2) is 0 Å². The zero-order valence-corrected chi connectivity index (χ0v) is 11.0. The van der Waals surface area contributed by atoms with Crippen molar-refractivity contribution < 1.29 is 4.79 Å². The van der Waals surface area contributed by atoms with Crippen LogP contribution >= 0.6 is 0 Å². The molecule has 0 saturated carbocycles. The molecule has 0 aromatic carbocycles. The van der Waals surface area contributed by atoms with Crippen LogP contribution in [0.3, 0.4) is 0 Å². The van der Waals surface area contributed by atoms with Gasteiger partial charge in [0, 0.05) is 31.7 Å². The van der Waals surface area contributed by atoms with Crippen molar-refractivity contribution >= 4 is 11.7 Å². The van der Waals surface area contributed by atoms with Gasteiger partial charge in [-0.05, 0) is 18.9 Å². The van der Waals surface area contributed by atoms with Crippen molar-refractivity contribution in [2.45, 2.75) is 18.9 Å². The number of hydrogen-bond donors (Lipinski definition) is 1. The van der Waals surface area contributed by atoms with Gasteiger partial charge in [0.1, 0.15) is 11.5 Å². The molecule has 7 heteroatoms. The molecule has 1 aliphatic rings. The molecule has 7 nitrogen and oxygen atoms in total.